The molecule has 2 aromatic heterocycles. The van der Waals surface area contributed by atoms with Crippen molar-refractivity contribution in [1.29, 1.82) is 0 Å². The van der Waals surface area contributed by atoms with Gasteiger partial charge < -0.3 is 4.74 Å². The largest absolute Gasteiger partial charge is 0.464 e. The van der Waals surface area contributed by atoms with Gasteiger partial charge in [-0.15, -0.1) is 11.3 Å². The van der Waals surface area contributed by atoms with Crippen molar-refractivity contribution in [3.63, 3.8) is 0 Å². The fraction of sp³-hybridized carbons (Fsp3) is 0.125. The molecule has 18 heavy (non-hydrogen) atoms. The van der Waals surface area contributed by atoms with E-state index in [2.05, 4.69) is 24.6 Å². The van der Waals surface area contributed by atoms with Crippen LogP contribution in [0.2, 0.25) is 0 Å². The molecule has 0 fully saturated rings. The predicted molar refractivity (Wildman–Crippen MR) is 62.8 cm³/mol. The third kappa shape index (κ3) is 2.33. The molecule has 2 N–H and O–H groups in total. The average molecular weight is 288 g/mol. The summed E-state index contributed by atoms with van der Waals surface area (Å²) in [4.78, 5) is 15.0. The Morgan fingerprint density at radius 3 is 2.94 bits per heavy atom. The minimum absolute atomic E-state index is 0.199. The van der Waals surface area contributed by atoms with Gasteiger partial charge in [0.05, 0.1) is 24.5 Å². The molecule has 2 heterocycles. The van der Waals surface area contributed by atoms with E-state index in [0.29, 0.717) is 0 Å². The summed E-state index contributed by atoms with van der Waals surface area (Å²) in [6, 6.07) is 0. The standard InChI is InChI=1S/C8H8N4O4S2/c1-16-7(13)6-8(17-4-9-6)18(14,15)12-5-2-10-11-3-5/h2-4,12H,1H3,(H,10,11). The smallest absolute Gasteiger partial charge is 0.358 e. The Labute approximate surface area is 106 Å². The molecule has 0 aromatic carbocycles. The molecule has 0 unspecified atom stereocenters. The topological polar surface area (TPSA) is 114 Å². The van der Waals surface area contributed by atoms with Gasteiger partial charge in [0, 0.05) is 6.20 Å². The number of methoxy groups -OCH3 is 1. The van der Waals surface area contributed by atoms with Gasteiger partial charge in [0.15, 0.2) is 9.90 Å². The zero-order chi connectivity index (χ0) is 13.2. The molecule has 0 aliphatic carbocycles. The van der Waals surface area contributed by atoms with Crippen LogP contribution < -0.4 is 4.72 Å². The normalized spacial score (nSPS) is 11.2. The highest BCUT2D eigenvalue weighted by Crippen LogP contribution is 2.23. The molecule has 0 amide bonds. The van der Waals surface area contributed by atoms with Gasteiger partial charge >= 0.3 is 5.97 Å². The van der Waals surface area contributed by atoms with Gasteiger partial charge in [-0.05, 0) is 0 Å². The maximum Gasteiger partial charge on any atom is 0.358 e. The molecule has 2 rings (SSSR count). The summed E-state index contributed by atoms with van der Waals surface area (Å²) < 4.78 is 30.5. The predicted octanol–water partition coefficient (Wildman–Crippen LogP) is 0.454. The molecule has 0 saturated carbocycles. The van der Waals surface area contributed by atoms with Crippen LogP contribution in [0.25, 0.3) is 0 Å². The first-order valence-corrected chi connectivity index (χ1v) is 6.94. The fourth-order valence-electron chi connectivity index (χ4n) is 1.17. The van der Waals surface area contributed by atoms with Crippen LogP contribution >= 0.6 is 11.3 Å². The van der Waals surface area contributed by atoms with Crippen LogP contribution in [0.5, 0.6) is 0 Å². The highest BCUT2D eigenvalue weighted by molar-refractivity contribution is 7.94. The second kappa shape index (κ2) is 4.74. The van der Waals surface area contributed by atoms with E-state index >= 15 is 0 Å². The van der Waals surface area contributed by atoms with Gasteiger partial charge in [-0.25, -0.2) is 18.2 Å². The molecule has 8 nitrogen and oxygen atoms in total. The maximum absolute atomic E-state index is 12.0. The highest BCUT2D eigenvalue weighted by Gasteiger charge is 2.26. The lowest BCUT2D eigenvalue weighted by Gasteiger charge is -2.04. The first-order valence-electron chi connectivity index (χ1n) is 4.58. The molecule has 10 heteroatoms. The number of ether oxygens (including phenoxy) is 1. The van der Waals surface area contributed by atoms with E-state index in [-0.39, 0.29) is 15.6 Å². The number of aromatic nitrogens is 3. The molecule has 0 aliphatic rings. The lowest BCUT2D eigenvalue weighted by Crippen LogP contribution is -2.15. The number of sulfonamides is 1. The number of nitrogens with zero attached hydrogens (tertiary/aromatic N) is 2. The van der Waals surface area contributed by atoms with E-state index in [1.807, 2.05) is 0 Å². The third-order valence-electron chi connectivity index (χ3n) is 1.91. The van der Waals surface area contributed by atoms with Crippen LogP contribution in [0.1, 0.15) is 10.5 Å². The lowest BCUT2D eigenvalue weighted by molar-refractivity contribution is 0.0590. The summed E-state index contributed by atoms with van der Waals surface area (Å²) in [5.74, 6) is -0.802. The Balaban J connectivity index is 2.36. The van der Waals surface area contributed by atoms with E-state index in [1.165, 1.54) is 17.9 Å². The van der Waals surface area contributed by atoms with Crippen molar-refractivity contribution < 1.29 is 17.9 Å². The Bertz CT molecular complexity index is 646. The SMILES string of the molecule is COC(=O)c1ncsc1S(=O)(=O)Nc1cn[nH]c1. The number of rotatable bonds is 4. The fourth-order valence-corrected chi connectivity index (χ4v) is 3.33. The third-order valence-corrected chi connectivity index (χ3v) is 4.66. The molecule has 0 atom stereocenters. The number of carbonyl (C=O) groups excluding carboxylic acids is 1. The van der Waals surface area contributed by atoms with Gasteiger partial charge in [-0.2, -0.15) is 5.10 Å². The number of H-pyrrole nitrogens is 1. The van der Waals surface area contributed by atoms with Crippen LogP contribution in [0.15, 0.2) is 22.1 Å². The van der Waals surface area contributed by atoms with Crippen molar-refractivity contribution in [2.45, 2.75) is 4.21 Å². The van der Waals surface area contributed by atoms with Crippen molar-refractivity contribution in [1.82, 2.24) is 15.2 Å². The number of anilines is 1. The van der Waals surface area contributed by atoms with E-state index in [4.69, 9.17) is 0 Å². The monoisotopic (exact) mass is 288 g/mol. The molecule has 0 spiro atoms. The van der Waals surface area contributed by atoms with Gasteiger partial charge in [-0.3, -0.25) is 9.82 Å². The maximum atomic E-state index is 12.0. The summed E-state index contributed by atoms with van der Waals surface area (Å²) in [6.07, 6.45) is 2.67. The van der Waals surface area contributed by atoms with Crippen molar-refractivity contribution in [2.75, 3.05) is 11.8 Å². The number of hydrogen-bond donors (Lipinski definition) is 2. The molecule has 0 bridgehead atoms. The van der Waals surface area contributed by atoms with Crippen LogP contribution in [0.3, 0.4) is 0 Å². The molecule has 2 aromatic rings. The summed E-state index contributed by atoms with van der Waals surface area (Å²) in [6.45, 7) is 0. The highest BCUT2D eigenvalue weighted by atomic mass is 32.2. The number of thiazole rings is 1. The quantitative estimate of drug-likeness (QED) is 0.790. The zero-order valence-corrected chi connectivity index (χ0v) is 10.7. The van der Waals surface area contributed by atoms with Gasteiger partial charge in [-0.1, -0.05) is 0 Å². The van der Waals surface area contributed by atoms with E-state index in [9.17, 15) is 13.2 Å². The second-order valence-electron chi connectivity index (χ2n) is 3.07. The molecular formula is C8H8N4O4S2. The molecule has 0 radical (unpaired) electrons. The number of aromatic amines is 1. The Morgan fingerprint density at radius 1 is 1.56 bits per heavy atom. The Kier molecular flexibility index (Phi) is 3.30. The second-order valence-corrected chi connectivity index (χ2v) is 5.80. The van der Waals surface area contributed by atoms with Gasteiger partial charge in [0.1, 0.15) is 0 Å². The lowest BCUT2D eigenvalue weighted by atomic mass is 10.5. The zero-order valence-electron chi connectivity index (χ0n) is 9.08. The van der Waals surface area contributed by atoms with Crippen molar-refractivity contribution in [2.24, 2.45) is 0 Å². The summed E-state index contributed by atoms with van der Waals surface area (Å²) in [5.41, 5.74) is 1.29. The number of nitrogens with one attached hydrogen (secondary N) is 2. The molecular weight excluding hydrogens is 280 g/mol. The van der Waals surface area contributed by atoms with Crippen molar-refractivity contribution >= 4 is 33.0 Å². The summed E-state index contributed by atoms with van der Waals surface area (Å²) in [5, 5.41) is 6.07. The number of carbonyl (C=O) groups is 1. The molecule has 0 saturated heterocycles. The number of hydrogen-bond acceptors (Lipinski definition) is 7. The van der Waals surface area contributed by atoms with Crippen molar-refractivity contribution in [3.05, 3.63) is 23.6 Å². The average Bonchev–Trinajstić information content (AvgIpc) is 2.97. The van der Waals surface area contributed by atoms with Crippen LogP contribution in [0, 0.1) is 0 Å². The summed E-state index contributed by atoms with van der Waals surface area (Å²) >= 11 is 0.829. The number of esters is 1. The van der Waals surface area contributed by atoms with E-state index in [0.717, 1.165) is 18.4 Å². The van der Waals surface area contributed by atoms with E-state index < -0.39 is 16.0 Å². The molecule has 0 aliphatic heterocycles. The van der Waals surface area contributed by atoms with Gasteiger partial charge in [0.2, 0.25) is 0 Å². The van der Waals surface area contributed by atoms with Crippen molar-refractivity contribution in [3.8, 4) is 0 Å². The van der Waals surface area contributed by atoms with Crippen LogP contribution in [-0.2, 0) is 14.8 Å². The Hall–Kier alpha value is -1.94. The minimum Gasteiger partial charge on any atom is -0.464 e. The first-order chi connectivity index (χ1) is 8.54. The molecule has 96 valence electrons. The Morgan fingerprint density at radius 2 is 2.33 bits per heavy atom. The van der Waals surface area contributed by atoms with Crippen LogP contribution in [0.4, 0.5) is 5.69 Å². The summed E-state index contributed by atoms with van der Waals surface area (Å²) in [7, 11) is -2.73. The van der Waals surface area contributed by atoms with Crippen LogP contribution in [-0.4, -0.2) is 36.7 Å². The van der Waals surface area contributed by atoms with E-state index in [1.54, 1.807) is 0 Å². The first kappa shape index (κ1) is 12.5. The minimum atomic E-state index is -3.88. The van der Waals surface area contributed by atoms with Gasteiger partial charge in [0.25, 0.3) is 10.0 Å².